The number of carbonyl (C=O) groups excluding carboxylic acids is 5. The standard InChI is InChI=1S/C37H44F2N6O5/c1-36(2)20-37(3,4)35(36)41-31(47)21-5-7-22(8-6-21)42-15-17-43(18-16-42)23-11-13-44(14-12-23)30-25(38)19-24-28(29(30)39)34(50)45(33(24)49)26-9-10-27(46)40-32(26)48/h5-8,19,23,26,35H,9-18,20H2,1-4H3,(H,41,47)(H,40,46,48). The summed E-state index contributed by atoms with van der Waals surface area (Å²) in [6.45, 7) is 12.8. The number of halogens is 2. The largest absolute Gasteiger partial charge is 0.369 e. The normalized spacial score (nSPS) is 24.3. The summed E-state index contributed by atoms with van der Waals surface area (Å²) in [6.07, 6.45) is 2.27. The van der Waals surface area contributed by atoms with Crippen LogP contribution in [-0.2, 0) is 9.59 Å². The van der Waals surface area contributed by atoms with Gasteiger partial charge in [-0.2, -0.15) is 0 Å². The molecule has 1 unspecified atom stereocenters. The Morgan fingerprint density at radius 2 is 1.48 bits per heavy atom. The van der Waals surface area contributed by atoms with E-state index in [-0.39, 0.29) is 47.3 Å². The zero-order valence-electron chi connectivity index (χ0n) is 29.0. The van der Waals surface area contributed by atoms with Crippen LogP contribution in [0.3, 0.4) is 0 Å². The van der Waals surface area contributed by atoms with Crippen molar-refractivity contribution in [1.82, 2.24) is 20.4 Å². The Kier molecular flexibility index (Phi) is 8.47. The summed E-state index contributed by atoms with van der Waals surface area (Å²) in [5.41, 5.74) is 0.586. The number of piperidine rings is 2. The Balaban J connectivity index is 0.939. The zero-order chi connectivity index (χ0) is 35.7. The van der Waals surface area contributed by atoms with Crippen LogP contribution in [0.1, 0.15) is 90.9 Å². The van der Waals surface area contributed by atoms with E-state index in [1.165, 1.54) is 0 Å². The molecule has 5 amide bonds. The summed E-state index contributed by atoms with van der Waals surface area (Å²) in [5.74, 6) is -5.34. The molecule has 0 spiro atoms. The minimum absolute atomic E-state index is 0.0486. The zero-order valence-corrected chi connectivity index (χ0v) is 29.0. The van der Waals surface area contributed by atoms with Gasteiger partial charge in [-0.05, 0) is 66.8 Å². The Morgan fingerprint density at radius 1 is 0.840 bits per heavy atom. The van der Waals surface area contributed by atoms with Gasteiger partial charge in [0.1, 0.15) is 17.5 Å². The third-order valence-electron chi connectivity index (χ3n) is 11.5. The van der Waals surface area contributed by atoms with Gasteiger partial charge in [0, 0.05) is 69.0 Å². The fourth-order valence-electron chi connectivity index (χ4n) is 9.36. The molecule has 11 nitrogen and oxygen atoms in total. The molecule has 1 atom stereocenters. The molecule has 3 saturated heterocycles. The maximum atomic E-state index is 15.9. The topological polar surface area (TPSA) is 122 Å². The fraction of sp³-hybridized carbons (Fsp3) is 0.541. The molecule has 1 aliphatic carbocycles. The minimum Gasteiger partial charge on any atom is -0.369 e. The van der Waals surface area contributed by atoms with Crippen LogP contribution >= 0.6 is 0 Å². The van der Waals surface area contributed by atoms with Crippen molar-refractivity contribution in [1.29, 1.82) is 0 Å². The molecule has 2 aromatic carbocycles. The molecule has 5 aliphatic rings. The number of benzene rings is 2. The molecule has 4 fully saturated rings. The average Bonchev–Trinajstić information content (AvgIpc) is 3.32. The Labute approximate surface area is 290 Å². The lowest BCUT2D eigenvalue weighted by molar-refractivity contribution is -0.136. The van der Waals surface area contributed by atoms with Gasteiger partial charge in [-0.15, -0.1) is 0 Å². The summed E-state index contributed by atoms with van der Waals surface area (Å²) in [7, 11) is 0. The van der Waals surface area contributed by atoms with Gasteiger partial charge in [0.05, 0.1) is 11.1 Å². The molecule has 0 radical (unpaired) electrons. The number of piperazine rings is 1. The number of amides is 5. The lowest BCUT2D eigenvalue weighted by atomic mass is 9.52. The van der Waals surface area contributed by atoms with Crippen LogP contribution < -0.4 is 20.4 Å². The predicted octanol–water partition coefficient (Wildman–Crippen LogP) is 3.71. The minimum atomic E-state index is -1.26. The van der Waals surface area contributed by atoms with Gasteiger partial charge in [0.2, 0.25) is 11.8 Å². The van der Waals surface area contributed by atoms with Crippen molar-refractivity contribution >= 4 is 40.9 Å². The molecule has 4 heterocycles. The molecular formula is C37H44F2N6O5. The summed E-state index contributed by atoms with van der Waals surface area (Å²) in [4.78, 5) is 70.2. The lowest BCUT2D eigenvalue weighted by Crippen LogP contribution is -2.63. The first-order chi connectivity index (χ1) is 23.7. The van der Waals surface area contributed by atoms with E-state index in [0.717, 1.165) is 44.4 Å². The summed E-state index contributed by atoms with van der Waals surface area (Å²) >= 11 is 0. The first kappa shape index (κ1) is 34.1. The third kappa shape index (κ3) is 5.82. The second kappa shape index (κ2) is 12.4. The van der Waals surface area contributed by atoms with Crippen molar-refractivity contribution in [2.45, 2.75) is 77.9 Å². The third-order valence-corrected chi connectivity index (χ3v) is 11.5. The number of nitrogens with zero attached hydrogens (tertiary/aromatic N) is 4. The van der Waals surface area contributed by atoms with Crippen LogP contribution in [0, 0.1) is 22.5 Å². The number of hydrogen-bond donors (Lipinski definition) is 2. The first-order valence-corrected chi connectivity index (χ1v) is 17.5. The van der Waals surface area contributed by atoms with Crippen molar-refractivity contribution in [2.75, 3.05) is 49.1 Å². The van der Waals surface area contributed by atoms with Gasteiger partial charge in [-0.25, -0.2) is 8.78 Å². The summed E-state index contributed by atoms with van der Waals surface area (Å²) in [6, 6.07) is 7.76. The molecule has 0 aromatic heterocycles. The first-order valence-electron chi connectivity index (χ1n) is 17.5. The highest BCUT2D eigenvalue weighted by Gasteiger charge is 2.53. The SMILES string of the molecule is CC1(C)CC(C)(C)C1NC(=O)c1ccc(N2CCN(C3CCN(c4c(F)cc5c(c4F)C(=O)N(C4CCC(=O)NC4=O)C5=O)CC3)CC2)cc1. The van der Waals surface area contributed by atoms with E-state index in [2.05, 4.69) is 48.1 Å². The van der Waals surface area contributed by atoms with Gasteiger partial charge < -0.3 is 15.1 Å². The van der Waals surface area contributed by atoms with E-state index >= 15 is 8.78 Å². The van der Waals surface area contributed by atoms with Gasteiger partial charge >= 0.3 is 0 Å². The van der Waals surface area contributed by atoms with Crippen LogP contribution in [0.4, 0.5) is 20.2 Å². The average molecular weight is 691 g/mol. The maximum Gasteiger partial charge on any atom is 0.265 e. The van der Waals surface area contributed by atoms with Crippen molar-refractivity contribution in [2.24, 2.45) is 10.8 Å². The molecule has 7 rings (SSSR count). The number of carbonyl (C=O) groups is 5. The maximum absolute atomic E-state index is 15.9. The molecule has 2 aromatic rings. The molecule has 266 valence electrons. The smallest absolute Gasteiger partial charge is 0.265 e. The molecule has 13 heteroatoms. The quantitative estimate of drug-likeness (QED) is 0.441. The van der Waals surface area contributed by atoms with Crippen LogP contribution in [0.5, 0.6) is 0 Å². The number of anilines is 2. The number of imide groups is 2. The highest BCUT2D eigenvalue weighted by Crippen LogP contribution is 2.53. The van der Waals surface area contributed by atoms with Crippen molar-refractivity contribution in [3.63, 3.8) is 0 Å². The Morgan fingerprint density at radius 3 is 2.08 bits per heavy atom. The Hall–Kier alpha value is -4.39. The van der Waals surface area contributed by atoms with Gasteiger partial charge in [0.15, 0.2) is 5.82 Å². The molecule has 2 N–H and O–H groups in total. The van der Waals surface area contributed by atoms with Crippen LogP contribution in [0.2, 0.25) is 0 Å². The van der Waals surface area contributed by atoms with Crippen LogP contribution in [-0.4, -0.2) is 96.7 Å². The van der Waals surface area contributed by atoms with Gasteiger partial charge in [-0.3, -0.25) is 39.1 Å². The van der Waals surface area contributed by atoms with Crippen molar-refractivity contribution in [3.05, 3.63) is 58.7 Å². The van der Waals surface area contributed by atoms with Gasteiger partial charge in [0.25, 0.3) is 17.7 Å². The number of nitrogens with one attached hydrogen (secondary N) is 2. The van der Waals surface area contributed by atoms with E-state index in [1.807, 2.05) is 24.3 Å². The molecule has 50 heavy (non-hydrogen) atoms. The van der Waals surface area contributed by atoms with Crippen LogP contribution in [0.15, 0.2) is 30.3 Å². The lowest BCUT2D eigenvalue weighted by Gasteiger charge is -2.57. The Bertz CT molecular complexity index is 1750. The number of fused-ring (bicyclic) bond motifs is 1. The second-order valence-electron chi connectivity index (χ2n) is 15.7. The molecular weight excluding hydrogens is 646 g/mol. The van der Waals surface area contributed by atoms with E-state index in [0.29, 0.717) is 36.4 Å². The van der Waals surface area contributed by atoms with E-state index < -0.39 is 52.4 Å². The number of rotatable bonds is 6. The van der Waals surface area contributed by atoms with E-state index in [9.17, 15) is 24.0 Å². The highest BCUT2D eigenvalue weighted by molar-refractivity contribution is 6.24. The summed E-state index contributed by atoms with van der Waals surface area (Å²) in [5, 5.41) is 5.35. The van der Waals surface area contributed by atoms with E-state index in [1.54, 1.807) is 4.90 Å². The monoisotopic (exact) mass is 690 g/mol. The van der Waals surface area contributed by atoms with Crippen LogP contribution in [0.25, 0.3) is 0 Å². The van der Waals surface area contributed by atoms with Crippen molar-refractivity contribution < 1.29 is 32.8 Å². The molecule has 4 aliphatic heterocycles. The molecule has 1 saturated carbocycles. The van der Waals surface area contributed by atoms with E-state index in [4.69, 9.17) is 0 Å². The predicted molar refractivity (Wildman–Crippen MR) is 182 cm³/mol. The highest BCUT2D eigenvalue weighted by atomic mass is 19.1. The second-order valence-corrected chi connectivity index (χ2v) is 15.7. The van der Waals surface area contributed by atoms with Crippen molar-refractivity contribution in [3.8, 4) is 0 Å². The van der Waals surface area contributed by atoms with Gasteiger partial charge in [-0.1, -0.05) is 27.7 Å². The summed E-state index contributed by atoms with van der Waals surface area (Å²) < 4.78 is 31.4. The number of hydrogen-bond acceptors (Lipinski definition) is 8. The fourth-order valence-corrected chi connectivity index (χ4v) is 9.36. The molecule has 0 bridgehead atoms.